The summed E-state index contributed by atoms with van der Waals surface area (Å²) in [6.45, 7) is 2.18. The molecule has 2 nitrogen and oxygen atoms in total. The summed E-state index contributed by atoms with van der Waals surface area (Å²) in [5, 5.41) is 2.48. The van der Waals surface area contributed by atoms with Gasteiger partial charge in [-0.3, -0.25) is 0 Å². The van der Waals surface area contributed by atoms with Gasteiger partial charge >= 0.3 is 0 Å². The second-order valence-corrected chi connectivity index (χ2v) is 5.01. The third-order valence-corrected chi connectivity index (χ3v) is 3.82. The van der Waals surface area contributed by atoms with E-state index in [1.54, 1.807) is 0 Å². The Morgan fingerprint density at radius 3 is 2.35 bits per heavy atom. The standard InChI is InChI=1S/C18H14N2/c1-2-12-6-5-7-13-10-11-16-18(17(12)13)20-15-9-4-3-8-14(15)19-16/h3-11H,2H2,1H3. The van der Waals surface area contributed by atoms with Gasteiger partial charge in [-0.25, -0.2) is 9.97 Å². The van der Waals surface area contributed by atoms with E-state index in [0.717, 1.165) is 28.5 Å². The first-order valence-electron chi connectivity index (χ1n) is 6.94. The molecule has 0 aliphatic heterocycles. The fourth-order valence-electron chi connectivity index (χ4n) is 2.82. The van der Waals surface area contributed by atoms with Crippen molar-refractivity contribution in [1.82, 2.24) is 9.97 Å². The van der Waals surface area contributed by atoms with Crippen LogP contribution in [0.1, 0.15) is 12.5 Å². The van der Waals surface area contributed by atoms with E-state index in [0.29, 0.717) is 0 Å². The lowest BCUT2D eigenvalue weighted by Crippen LogP contribution is -1.91. The molecule has 0 saturated heterocycles. The molecule has 0 aliphatic carbocycles. The number of fused-ring (bicyclic) bond motifs is 4. The van der Waals surface area contributed by atoms with E-state index in [-0.39, 0.29) is 0 Å². The topological polar surface area (TPSA) is 25.8 Å². The first-order valence-corrected chi connectivity index (χ1v) is 6.94. The number of hydrogen-bond acceptors (Lipinski definition) is 2. The molecule has 0 amide bonds. The van der Waals surface area contributed by atoms with Crippen molar-refractivity contribution in [2.45, 2.75) is 13.3 Å². The third-order valence-electron chi connectivity index (χ3n) is 3.82. The zero-order valence-corrected chi connectivity index (χ0v) is 11.3. The molecule has 3 aromatic carbocycles. The number of para-hydroxylation sites is 2. The van der Waals surface area contributed by atoms with Crippen LogP contribution in [0.4, 0.5) is 0 Å². The molecule has 0 fully saturated rings. The van der Waals surface area contributed by atoms with Crippen LogP contribution in [0.25, 0.3) is 32.8 Å². The second kappa shape index (κ2) is 4.27. The van der Waals surface area contributed by atoms with E-state index in [1.807, 2.05) is 24.3 Å². The van der Waals surface area contributed by atoms with Gasteiger partial charge in [-0.15, -0.1) is 0 Å². The molecule has 1 aromatic heterocycles. The van der Waals surface area contributed by atoms with E-state index >= 15 is 0 Å². The van der Waals surface area contributed by atoms with Crippen molar-refractivity contribution in [3.63, 3.8) is 0 Å². The van der Waals surface area contributed by atoms with Crippen molar-refractivity contribution < 1.29 is 0 Å². The monoisotopic (exact) mass is 258 g/mol. The summed E-state index contributed by atoms with van der Waals surface area (Å²) in [6, 6.07) is 18.7. The van der Waals surface area contributed by atoms with Crippen molar-refractivity contribution in [3.05, 3.63) is 60.2 Å². The molecule has 0 N–H and O–H groups in total. The number of nitrogens with zero attached hydrogens (tertiary/aromatic N) is 2. The van der Waals surface area contributed by atoms with Crippen LogP contribution < -0.4 is 0 Å². The molecule has 2 heteroatoms. The van der Waals surface area contributed by atoms with Crippen molar-refractivity contribution in [1.29, 1.82) is 0 Å². The van der Waals surface area contributed by atoms with Crippen LogP contribution in [-0.2, 0) is 6.42 Å². The van der Waals surface area contributed by atoms with Crippen LogP contribution in [0.5, 0.6) is 0 Å². The predicted molar refractivity (Wildman–Crippen MR) is 83.9 cm³/mol. The van der Waals surface area contributed by atoms with Gasteiger partial charge in [0, 0.05) is 5.39 Å². The minimum absolute atomic E-state index is 0.952. The third kappa shape index (κ3) is 1.58. The zero-order valence-electron chi connectivity index (χ0n) is 11.3. The Kier molecular flexibility index (Phi) is 2.43. The lowest BCUT2D eigenvalue weighted by molar-refractivity contribution is 1.16. The van der Waals surface area contributed by atoms with Crippen LogP contribution >= 0.6 is 0 Å². The Bertz CT molecular complexity index is 942. The van der Waals surface area contributed by atoms with Crippen molar-refractivity contribution in [2.24, 2.45) is 0 Å². The molecule has 1 heterocycles. The quantitative estimate of drug-likeness (QED) is 0.371. The predicted octanol–water partition coefficient (Wildman–Crippen LogP) is 4.50. The Labute approximate surface area is 117 Å². The Morgan fingerprint density at radius 2 is 1.55 bits per heavy atom. The summed E-state index contributed by atoms with van der Waals surface area (Å²) in [6.07, 6.45) is 1.00. The van der Waals surface area contributed by atoms with Crippen LogP contribution in [0.3, 0.4) is 0 Å². The van der Waals surface area contributed by atoms with Crippen molar-refractivity contribution in [3.8, 4) is 0 Å². The van der Waals surface area contributed by atoms with Gasteiger partial charge in [0.25, 0.3) is 0 Å². The smallest absolute Gasteiger partial charge is 0.0975 e. The number of aromatic nitrogens is 2. The SMILES string of the molecule is CCc1cccc2ccc3nc4ccccc4nc3c12. The second-order valence-electron chi connectivity index (χ2n) is 5.01. The Hall–Kier alpha value is -2.48. The number of aryl methyl sites for hydroxylation is 1. The van der Waals surface area contributed by atoms with E-state index in [9.17, 15) is 0 Å². The molecule has 4 rings (SSSR count). The summed E-state index contributed by atoms with van der Waals surface area (Å²) >= 11 is 0. The maximum Gasteiger partial charge on any atom is 0.0975 e. The normalized spacial score (nSPS) is 11.4. The van der Waals surface area contributed by atoms with Crippen LogP contribution in [0, 0.1) is 0 Å². The average Bonchev–Trinajstić information content (AvgIpc) is 2.52. The van der Waals surface area contributed by atoms with Crippen LogP contribution in [0.2, 0.25) is 0 Å². The molecule has 96 valence electrons. The molecule has 20 heavy (non-hydrogen) atoms. The molecule has 0 atom stereocenters. The van der Waals surface area contributed by atoms with Crippen molar-refractivity contribution >= 4 is 32.8 Å². The van der Waals surface area contributed by atoms with Gasteiger partial charge in [0.05, 0.1) is 22.1 Å². The molecular weight excluding hydrogens is 244 g/mol. The largest absolute Gasteiger partial charge is 0.244 e. The fourth-order valence-corrected chi connectivity index (χ4v) is 2.82. The number of hydrogen-bond donors (Lipinski definition) is 0. The van der Waals surface area contributed by atoms with Gasteiger partial charge in [0.1, 0.15) is 0 Å². The first-order chi connectivity index (χ1) is 9.86. The Balaban J connectivity index is 2.25. The minimum atomic E-state index is 0.952. The number of rotatable bonds is 1. The van der Waals surface area contributed by atoms with Gasteiger partial charge in [-0.05, 0) is 35.6 Å². The van der Waals surface area contributed by atoms with E-state index < -0.39 is 0 Å². The van der Waals surface area contributed by atoms with Gasteiger partial charge in [-0.2, -0.15) is 0 Å². The maximum atomic E-state index is 4.85. The van der Waals surface area contributed by atoms with E-state index in [2.05, 4.69) is 37.3 Å². The average molecular weight is 258 g/mol. The summed E-state index contributed by atoms with van der Waals surface area (Å²) in [5.41, 5.74) is 5.22. The summed E-state index contributed by atoms with van der Waals surface area (Å²) in [7, 11) is 0. The van der Waals surface area contributed by atoms with Crippen molar-refractivity contribution in [2.75, 3.05) is 0 Å². The molecule has 0 unspecified atom stereocenters. The highest BCUT2D eigenvalue weighted by molar-refractivity contribution is 6.07. The summed E-state index contributed by atoms with van der Waals surface area (Å²) in [5.74, 6) is 0. The lowest BCUT2D eigenvalue weighted by Gasteiger charge is -2.08. The van der Waals surface area contributed by atoms with Crippen LogP contribution in [-0.4, -0.2) is 9.97 Å². The van der Waals surface area contributed by atoms with Gasteiger partial charge < -0.3 is 0 Å². The lowest BCUT2D eigenvalue weighted by atomic mass is 10.0. The molecule has 0 radical (unpaired) electrons. The van der Waals surface area contributed by atoms with E-state index in [4.69, 9.17) is 9.97 Å². The van der Waals surface area contributed by atoms with Gasteiger partial charge in [0.2, 0.25) is 0 Å². The number of benzene rings is 3. The highest BCUT2D eigenvalue weighted by Crippen LogP contribution is 2.28. The molecular formula is C18H14N2. The fraction of sp³-hybridized carbons (Fsp3) is 0.111. The highest BCUT2D eigenvalue weighted by Gasteiger charge is 2.08. The summed E-state index contributed by atoms with van der Waals surface area (Å²) < 4.78 is 0. The molecule has 0 bridgehead atoms. The maximum absolute atomic E-state index is 4.85. The van der Waals surface area contributed by atoms with Gasteiger partial charge in [0.15, 0.2) is 0 Å². The minimum Gasteiger partial charge on any atom is -0.244 e. The molecule has 0 aliphatic rings. The molecule has 0 saturated carbocycles. The molecule has 0 spiro atoms. The van der Waals surface area contributed by atoms with Gasteiger partial charge in [-0.1, -0.05) is 43.3 Å². The highest BCUT2D eigenvalue weighted by atomic mass is 14.8. The molecule has 4 aromatic rings. The Morgan fingerprint density at radius 1 is 0.750 bits per heavy atom. The summed E-state index contributed by atoms with van der Waals surface area (Å²) in [4.78, 5) is 9.59. The zero-order chi connectivity index (χ0) is 13.5. The van der Waals surface area contributed by atoms with Crippen LogP contribution in [0.15, 0.2) is 54.6 Å². The first kappa shape index (κ1) is 11.4. The van der Waals surface area contributed by atoms with E-state index in [1.165, 1.54) is 16.3 Å².